The third kappa shape index (κ3) is 3.43. The molecule has 0 spiro atoms. The molecule has 0 saturated carbocycles. The van der Waals surface area contributed by atoms with Crippen LogP contribution in [-0.2, 0) is 9.59 Å². The van der Waals surface area contributed by atoms with Gasteiger partial charge in [-0.25, -0.2) is 0 Å². The molecule has 2 heterocycles. The summed E-state index contributed by atoms with van der Waals surface area (Å²) in [5.41, 5.74) is 0.979. The van der Waals surface area contributed by atoms with Crippen LogP contribution in [-0.4, -0.2) is 56.0 Å². The summed E-state index contributed by atoms with van der Waals surface area (Å²) in [6.45, 7) is 1.38. The zero-order valence-corrected chi connectivity index (χ0v) is 15.2. The second kappa shape index (κ2) is 7.33. The molecule has 2 fully saturated rings. The number of likely N-dealkylation sites (tertiary alicyclic amines) is 2. The quantitative estimate of drug-likeness (QED) is 0.839. The SMILES string of the molecule is COc1ccc(OC)c([C@H]2CCCN2C(=O)[C@H]2CCN(C)C(=O)C2)c1. The van der Waals surface area contributed by atoms with E-state index in [9.17, 15) is 9.59 Å². The van der Waals surface area contributed by atoms with Crippen LogP contribution in [0.15, 0.2) is 18.2 Å². The van der Waals surface area contributed by atoms with E-state index >= 15 is 0 Å². The van der Waals surface area contributed by atoms with Crippen LogP contribution >= 0.6 is 0 Å². The van der Waals surface area contributed by atoms with Crippen LogP contribution in [0.25, 0.3) is 0 Å². The number of carbonyl (C=O) groups excluding carboxylic acids is 2. The second-order valence-electron chi connectivity index (χ2n) is 6.80. The van der Waals surface area contributed by atoms with Gasteiger partial charge in [0.15, 0.2) is 0 Å². The molecule has 2 aliphatic heterocycles. The summed E-state index contributed by atoms with van der Waals surface area (Å²) in [5.74, 6) is 1.46. The number of nitrogens with zero attached hydrogens (tertiary/aromatic N) is 2. The Bertz CT molecular complexity index is 661. The van der Waals surface area contributed by atoms with Crippen LogP contribution in [0, 0.1) is 5.92 Å². The largest absolute Gasteiger partial charge is 0.497 e. The summed E-state index contributed by atoms with van der Waals surface area (Å²) in [6, 6.07) is 5.68. The predicted molar refractivity (Wildman–Crippen MR) is 93.6 cm³/mol. The molecular weight excluding hydrogens is 320 g/mol. The number of ether oxygens (including phenoxy) is 2. The maximum absolute atomic E-state index is 13.1. The molecule has 0 aromatic heterocycles. The monoisotopic (exact) mass is 346 g/mol. The molecule has 0 aliphatic carbocycles. The first-order valence-corrected chi connectivity index (χ1v) is 8.81. The van der Waals surface area contributed by atoms with Crippen LogP contribution in [0.4, 0.5) is 0 Å². The molecule has 136 valence electrons. The zero-order chi connectivity index (χ0) is 18.0. The molecule has 2 atom stereocenters. The Kier molecular flexibility index (Phi) is 5.16. The Morgan fingerprint density at radius 1 is 1.16 bits per heavy atom. The van der Waals surface area contributed by atoms with Gasteiger partial charge in [0.25, 0.3) is 0 Å². The van der Waals surface area contributed by atoms with Crippen molar-refractivity contribution >= 4 is 11.8 Å². The highest BCUT2D eigenvalue weighted by atomic mass is 16.5. The number of hydrogen-bond donors (Lipinski definition) is 0. The summed E-state index contributed by atoms with van der Waals surface area (Å²) in [7, 11) is 5.07. The molecule has 25 heavy (non-hydrogen) atoms. The van der Waals surface area contributed by atoms with Crippen LogP contribution < -0.4 is 9.47 Å². The fraction of sp³-hybridized carbons (Fsp3) is 0.579. The minimum atomic E-state index is -0.207. The predicted octanol–water partition coefficient (Wildman–Crippen LogP) is 2.24. The van der Waals surface area contributed by atoms with Crippen LogP contribution in [0.1, 0.15) is 37.3 Å². The molecule has 2 saturated heterocycles. The van der Waals surface area contributed by atoms with Crippen molar-refractivity contribution in [2.24, 2.45) is 5.92 Å². The van der Waals surface area contributed by atoms with Crippen molar-refractivity contribution in [3.05, 3.63) is 23.8 Å². The highest BCUT2D eigenvalue weighted by Crippen LogP contribution is 2.40. The topological polar surface area (TPSA) is 59.1 Å². The highest BCUT2D eigenvalue weighted by Gasteiger charge is 2.38. The Balaban J connectivity index is 1.83. The Labute approximate surface area is 148 Å². The Hall–Kier alpha value is -2.24. The number of methoxy groups -OCH3 is 2. The minimum absolute atomic E-state index is 0.0210. The number of amides is 2. The van der Waals surface area contributed by atoms with E-state index < -0.39 is 0 Å². The van der Waals surface area contributed by atoms with Gasteiger partial charge in [0.05, 0.1) is 20.3 Å². The van der Waals surface area contributed by atoms with Gasteiger partial charge in [-0.3, -0.25) is 9.59 Å². The molecular formula is C19H26N2O4. The van der Waals surface area contributed by atoms with E-state index in [-0.39, 0.29) is 23.8 Å². The van der Waals surface area contributed by atoms with E-state index in [1.807, 2.05) is 23.1 Å². The number of hydrogen-bond acceptors (Lipinski definition) is 4. The van der Waals surface area contributed by atoms with Gasteiger partial charge in [-0.1, -0.05) is 0 Å². The molecule has 0 unspecified atom stereocenters. The molecule has 2 aliphatic rings. The van der Waals surface area contributed by atoms with E-state index in [2.05, 4.69) is 0 Å². The van der Waals surface area contributed by atoms with Gasteiger partial charge in [0.2, 0.25) is 11.8 Å². The van der Waals surface area contributed by atoms with Gasteiger partial charge in [-0.15, -0.1) is 0 Å². The van der Waals surface area contributed by atoms with E-state index in [1.54, 1.807) is 26.2 Å². The molecule has 2 amide bonds. The van der Waals surface area contributed by atoms with Crippen LogP contribution in [0.3, 0.4) is 0 Å². The lowest BCUT2D eigenvalue weighted by molar-refractivity contribution is -0.145. The van der Waals surface area contributed by atoms with Crippen molar-refractivity contribution in [1.82, 2.24) is 9.80 Å². The maximum atomic E-state index is 13.1. The standard InChI is InChI=1S/C19H26N2O4/c1-20-10-8-13(11-18(20)22)19(23)21-9-4-5-16(21)15-12-14(24-2)6-7-17(15)25-3/h6-7,12-13,16H,4-5,8-11H2,1-3H3/t13-,16+/m0/s1. The van der Waals surface area contributed by atoms with E-state index in [0.29, 0.717) is 13.0 Å². The molecule has 1 aromatic rings. The van der Waals surface area contributed by atoms with Gasteiger partial charge >= 0.3 is 0 Å². The van der Waals surface area contributed by atoms with E-state index in [1.165, 1.54) is 0 Å². The minimum Gasteiger partial charge on any atom is -0.497 e. The summed E-state index contributed by atoms with van der Waals surface area (Å²) in [4.78, 5) is 28.7. The zero-order valence-electron chi connectivity index (χ0n) is 15.2. The van der Waals surface area contributed by atoms with Gasteiger partial charge in [0, 0.05) is 38.0 Å². The lowest BCUT2D eigenvalue weighted by atomic mass is 9.94. The van der Waals surface area contributed by atoms with Crippen molar-refractivity contribution < 1.29 is 19.1 Å². The number of rotatable bonds is 4. The van der Waals surface area contributed by atoms with Crippen molar-refractivity contribution in [3.63, 3.8) is 0 Å². The van der Waals surface area contributed by atoms with Crippen LogP contribution in [0.2, 0.25) is 0 Å². The molecule has 0 radical (unpaired) electrons. The summed E-state index contributed by atoms with van der Waals surface area (Å²) in [5, 5.41) is 0. The number of piperidine rings is 1. The molecule has 6 heteroatoms. The van der Waals surface area contributed by atoms with Crippen molar-refractivity contribution in [2.45, 2.75) is 31.7 Å². The van der Waals surface area contributed by atoms with Gasteiger partial charge in [-0.05, 0) is 37.5 Å². The van der Waals surface area contributed by atoms with Crippen molar-refractivity contribution in [1.29, 1.82) is 0 Å². The van der Waals surface area contributed by atoms with E-state index in [0.717, 1.165) is 42.9 Å². The maximum Gasteiger partial charge on any atom is 0.226 e. The lowest BCUT2D eigenvalue weighted by Gasteiger charge is -2.33. The molecule has 3 rings (SSSR count). The summed E-state index contributed by atoms with van der Waals surface area (Å²) in [6.07, 6.45) is 2.90. The average molecular weight is 346 g/mol. The van der Waals surface area contributed by atoms with Gasteiger partial charge < -0.3 is 19.3 Å². The van der Waals surface area contributed by atoms with Crippen molar-refractivity contribution in [3.8, 4) is 11.5 Å². The fourth-order valence-electron chi connectivity index (χ4n) is 3.84. The molecule has 0 bridgehead atoms. The lowest BCUT2D eigenvalue weighted by Crippen LogP contribution is -2.43. The fourth-order valence-corrected chi connectivity index (χ4v) is 3.84. The summed E-state index contributed by atoms with van der Waals surface area (Å²) >= 11 is 0. The van der Waals surface area contributed by atoms with Crippen LogP contribution in [0.5, 0.6) is 11.5 Å². The molecule has 6 nitrogen and oxygen atoms in total. The highest BCUT2D eigenvalue weighted by molar-refractivity contribution is 5.87. The number of benzene rings is 1. The third-order valence-corrected chi connectivity index (χ3v) is 5.34. The van der Waals surface area contributed by atoms with Gasteiger partial charge in [0.1, 0.15) is 11.5 Å². The smallest absolute Gasteiger partial charge is 0.226 e. The first-order valence-electron chi connectivity index (χ1n) is 8.81. The molecule has 1 aromatic carbocycles. The first-order chi connectivity index (χ1) is 12.0. The number of carbonyl (C=O) groups is 2. The third-order valence-electron chi connectivity index (χ3n) is 5.34. The average Bonchev–Trinajstić information content (AvgIpc) is 3.12. The second-order valence-corrected chi connectivity index (χ2v) is 6.80. The van der Waals surface area contributed by atoms with Crippen molar-refractivity contribution in [2.75, 3.05) is 34.4 Å². The Morgan fingerprint density at radius 3 is 2.64 bits per heavy atom. The van der Waals surface area contributed by atoms with E-state index in [4.69, 9.17) is 9.47 Å². The Morgan fingerprint density at radius 2 is 1.96 bits per heavy atom. The summed E-state index contributed by atoms with van der Waals surface area (Å²) < 4.78 is 10.9. The van der Waals surface area contributed by atoms with Gasteiger partial charge in [-0.2, -0.15) is 0 Å². The molecule has 0 N–H and O–H groups in total. The first kappa shape index (κ1) is 17.6. The normalized spacial score (nSPS) is 23.7.